The lowest BCUT2D eigenvalue weighted by Gasteiger charge is -2.15. The summed E-state index contributed by atoms with van der Waals surface area (Å²) >= 11 is 1.24. The Morgan fingerprint density at radius 1 is 1.03 bits per heavy atom. The van der Waals surface area contributed by atoms with Crippen molar-refractivity contribution in [3.05, 3.63) is 94.9 Å². The highest BCUT2D eigenvalue weighted by molar-refractivity contribution is 8.19. The van der Waals surface area contributed by atoms with Gasteiger partial charge < -0.3 is 9.84 Å². The van der Waals surface area contributed by atoms with Crippen LogP contribution in [-0.4, -0.2) is 29.3 Å². The highest BCUT2D eigenvalue weighted by Crippen LogP contribution is 2.37. The maximum absolute atomic E-state index is 13.3. The van der Waals surface area contributed by atoms with Gasteiger partial charge in [0.05, 0.1) is 29.0 Å². The number of carboxylic acids is 1. The molecular formula is C24H18N2O4S. The molecule has 0 spiro atoms. The van der Waals surface area contributed by atoms with E-state index in [-0.39, 0.29) is 11.5 Å². The Morgan fingerprint density at radius 2 is 1.81 bits per heavy atom. The van der Waals surface area contributed by atoms with Crippen LogP contribution in [0.15, 0.2) is 88.8 Å². The third-order valence-corrected chi connectivity index (χ3v) is 5.50. The first-order chi connectivity index (χ1) is 15.0. The van der Waals surface area contributed by atoms with Gasteiger partial charge in [0.15, 0.2) is 5.17 Å². The van der Waals surface area contributed by atoms with Gasteiger partial charge in [-0.3, -0.25) is 9.69 Å². The van der Waals surface area contributed by atoms with Crippen LogP contribution in [0.4, 0.5) is 11.4 Å². The number of thioether (sulfide) groups is 1. The number of amidine groups is 1. The Morgan fingerprint density at radius 3 is 2.55 bits per heavy atom. The second-order valence-corrected chi connectivity index (χ2v) is 7.62. The molecule has 3 aromatic rings. The number of aliphatic imine (C=N–C) groups is 1. The van der Waals surface area contributed by atoms with Crippen LogP contribution in [-0.2, 0) is 4.79 Å². The van der Waals surface area contributed by atoms with Crippen LogP contribution in [0, 0.1) is 0 Å². The first-order valence-corrected chi connectivity index (χ1v) is 10.2. The molecule has 1 aliphatic heterocycles. The number of carbonyl (C=O) groups excluding carboxylic acids is 1. The van der Waals surface area contributed by atoms with Crippen LogP contribution in [0.5, 0.6) is 5.75 Å². The van der Waals surface area contributed by atoms with Gasteiger partial charge in [-0.05, 0) is 65.9 Å². The lowest BCUT2D eigenvalue weighted by molar-refractivity contribution is -0.113. The standard InChI is InChI=1S/C24H18N2O4S/c1-30-20-12-5-7-16(13-20)14-21-22(27)26(19-10-3-2-4-11-19)24(31-21)25-18-9-6-8-17(15-18)23(28)29/h2-15H,1H3,(H,28,29)/b21-14-,25-24?. The highest BCUT2D eigenvalue weighted by Gasteiger charge is 2.34. The Bertz CT molecular complexity index is 1200. The number of nitrogens with zero attached hydrogens (tertiary/aromatic N) is 2. The van der Waals surface area contributed by atoms with E-state index in [1.165, 1.54) is 28.8 Å². The normalized spacial score (nSPS) is 16.2. The Balaban J connectivity index is 1.77. The van der Waals surface area contributed by atoms with Gasteiger partial charge in [0, 0.05) is 0 Å². The number of benzene rings is 3. The maximum Gasteiger partial charge on any atom is 0.335 e. The fraction of sp³-hybridized carbons (Fsp3) is 0.0417. The summed E-state index contributed by atoms with van der Waals surface area (Å²) in [5.74, 6) is -0.535. The SMILES string of the molecule is COc1cccc(/C=C2\SC(=Nc3cccc(C(=O)O)c3)N(c3ccccc3)C2=O)c1. The quantitative estimate of drug-likeness (QED) is 0.563. The summed E-state index contributed by atoms with van der Waals surface area (Å²) in [4.78, 5) is 31.2. The monoisotopic (exact) mass is 430 g/mol. The number of aromatic carboxylic acids is 1. The summed E-state index contributed by atoms with van der Waals surface area (Å²) in [6.45, 7) is 0. The van der Waals surface area contributed by atoms with Crippen LogP contribution >= 0.6 is 11.8 Å². The van der Waals surface area contributed by atoms with E-state index in [2.05, 4.69) is 4.99 Å². The molecule has 3 aromatic carbocycles. The van der Waals surface area contributed by atoms with Crippen molar-refractivity contribution in [1.29, 1.82) is 0 Å². The predicted molar refractivity (Wildman–Crippen MR) is 123 cm³/mol. The van der Waals surface area contributed by atoms with Crippen LogP contribution in [0.1, 0.15) is 15.9 Å². The maximum atomic E-state index is 13.3. The third-order valence-electron chi connectivity index (χ3n) is 4.53. The fourth-order valence-electron chi connectivity index (χ4n) is 3.06. The minimum Gasteiger partial charge on any atom is -0.497 e. The van der Waals surface area contributed by atoms with Gasteiger partial charge in [0.1, 0.15) is 5.75 Å². The van der Waals surface area contributed by atoms with Gasteiger partial charge in [-0.1, -0.05) is 36.4 Å². The van der Waals surface area contributed by atoms with E-state index in [4.69, 9.17) is 4.74 Å². The van der Waals surface area contributed by atoms with E-state index < -0.39 is 5.97 Å². The average Bonchev–Trinajstić information content (AvgIpc) is 3.09. The molecule has 0 radical (unpaired) electrons. The molecule has 154 valence electrons. The smallest absolute Gasteiger partial charge is 0.335 e. The molecule has 0 atom stereocenters. The summed E-state index contributed by atoms with van der Waals surface area (Å²) in [7, 11) is 1.59. The number of rotatable bonds is 5. The fourth-order valence-corrected chi connectivity index (χ4v) is 4.06. The number of para-hydroxylation sites is 1. The molecule has 0 saturated carbocycles. The number of hydrogen-bond donors (Lipinski definition) is 1. The van der Waals surface area contributed by atoms with Crippen LogP contribution < -0.4 is 9.64 Å². The van der Waals surface area contributed by atoms with Gasteiger partial charge in [0.2, 0.25) is 0 Å². The molecule has 1 aliphatic rings. The first kappa shape index (κ1) is 20.4. The van der Waals surface area contributed by atoms with Crippen molar-refractivity contribution in [1.82, 2.24) is 0 Å². The summed E-state index contributed by atoms with van der Waals surface area (Å²) in [6.07, 6.45) is 1.79. The van der Waals surface area contributed by atoms with E-state index in [9.17, 15) is 14.7 Å². The zero-order chi connectivity index (χ0) is 21.8. The third kappa shape index (κ3) is 4.51. The molecule has 7 heteroatoms. The minimum atomic E-state index is -1.03. The van der Waals surface area contributed by atoms with Crippen molar-refractivity contribution < 1.29 is 19.4 Å². The number of carboxylic acid groups (broad SMARTS) is 1. The zero-order valence-electron chi connectivity index (χ0n) is 16.6. The molecule has 0 aromatic heterocycles. The molecule has 4 rings (SSSR count). The number of amides is 1. The molecule has 1 fully saturated rings. The lowest BCUT2D eigenvalue weighted by atomic mass is 10.2. The second kappa shape index (κ2) is 8.89. The zero-order valence-corrected chi connectivity index (χ0v) is 17.4. The molecule has 1 saturated heterocycles. The highest BCUT2D eigenvalue weighted by atomic mass is 32.2. The van der Waals surface area contributed by atoms with Gasteiger partial charge >= 0.3 is 5.97 Å². The van der Waals surface area contributed by atoms with Gasteiger partial charge in [-0.25, -0.2) is 9.79 Å². The Kier molecular flexibility index (Phi) is 5.86. The molecule has 6 nitrogen and oxygen atoms in total. The Hall–Kier alpha value is -3.84. The molecular weight excluding hydrogens is 412 g/mol. The number of anilines is 1. The van der Waals surface area contributed by atoms with Crippen molar-refractivity contribution in [3.63, 3.8) is 0 Å². The summed E-state index contributed by atoms with van der Waals surface area (Å²) in [6, 6.07) is 23.0. The van der Waals surface area contributed by atoms with Crippen molar-refractivity contribution in [2.45, 2.75) is 0 Å². The van der Waals surface area contributed by atoms with Gasteiger partial charge in [-0.15, -0.1) is 0 Å². The largest absolute Gasteiger partial charge is 0.497 e. The van der Waals surface area contributed by atoms with E-state index in [1.807, 2.05) is 54.6 Å². The van der Waals surface area contributed by atoms with Crippen molar-refractivity contribution in [3.8, 4) is 5.75 Å². The van der Waals surface area contributed by atoms with Gasteiger partial charge in [-0.2, -0.15) is 0 Å². The summed E-state index contributed by atoms with van der Waals surface area (Å²) in [5, 5.41) is 9.71. The summed E-state index contributed by atoms with van der Waals surface area (Å²) in [5.41, 5.74) is 2.10. The topological polar surface area (TPSA) is 79.2 Å². The number of ether oxygens (including phenoxy) is 1. The number of methoxy groups -OCH3 is 1. The second-order valence-electron chi connectivity index (χ2n) is 6.61. The van der Waals surface area contributed by atoms with Crippen LogP contribution in [0.2, 0.25) is 0 Å². The summed E-state index contributed by atoms with van der Waals surface area (Å²) < 4.78 is 5.26. The minimum absolute atomic E-state index is 0.134. The molecule has 31 heavy (non-hydrogen) atoms. The van der Waals surface area contributed by atoms with E-state index in [0.29, 0.717) is 27.2 Å². The number of carbonyl (C=O) groups is 2. The van der Waals surface area contributed by atoms with E-state index in [0.717, 1.165) is 5.56 Å². The van der Waals surface area contributed by atoms with E-state index in [1.54, 1.807) is 25.3 Å². The number of hydrogen-bond acceptors (Lipinski definition) is 5. The first-order valence-electron chi connectivity index (χ1n) is 9.40. The molecule has 0 unspecified atom stereocenters. The van der Waals surface area contributed by atoms with Crippen LogP contribution in [0.25, 0.3) is 6.08 Å². The molecule has 0 aliphatic carbocycles. The molecule has 0 bridgehead atoms. The Labute approximate surface area is 183 Å². The van der Waals surface area contributed by atoms with E-state index >= 15 is 0 Å². The van der Waals surface area contributed by atoms with Crippen molar-refractivity contribution in [2.24, 2.45) is 4.99 Å². The lowest BCUT2D eigenvalue weighted by Crippen LogP contribution is -2.28. The predicted octanol–water partition coefficient (Wildman–Crippen LogP) is 5.20. The average molecular weight is 430 g/mol. The van der Waals surface area contributed by atoms with Gasteiger partial charge in [0.25, 0.3) is 5.91 Å². The van der Waals surface area contributed by atoms with Crippen molar-refractivity contribution in [2.75, 3.05) is 12.0 Å². The molecule has 1 amide bonds. The molecule has 1 N–H and O–H groups in total. The van der Waals surface area contributed by atoms with Crippen LogP contribution in [0.3, 0.4) is 0 Å². The van der Waals surface area contributed by atoms with Crippen molar-refractivity contribution >= 4 is 46.3 Å². The molecule has 1 heterocycles.